The van der Waals surface area contributed by atoms with Gasteiger partial charge in [0, 0.05) is 91.7 Å². The minimum Gasteiger partial charge on any atom is -0.479 e. The fourth-order valence-electron chi connectivity index (χ4n) is 13.6. The van der Waals surface area contributed by atoms with Crippen LogP contribution in [0.3, 0.4) is 0 Å². The maximum atomic E-state index is 15.7. The average Bonchev–Trinajstić information content (AvgIpc) is 1.50. The standard InChI is InChI=1S/C75H83FN8O20/c1-4-75(98)50-34-56-64-48(38-84(56)70(93)49(50)40-101-73(75)96)63-52(24-23-47-41(2)51(76)35-54(81-64)62(47)63)82-74(97)102-39-42-20-25-57(103-72-67(91)65(89)66(90)68(104-72)71(94)95)46(33-42)36-79-58(85)26-29-78-69(92)53(16-11-12-28-77-59(86)27-30-100-32-31-99-3)80-60(87)18-9-10-19-61(88)83-37-45-15-6-5-13-43(45)21-22-44-14-7-8-17-55(44)83/h5-8,13-15,17,20,25,33-35,52-53,65-68,72,89-91,98H,4,9-12,16,18-19,23-24,26-32,36-40H2,1-3H3,(H,77,86)(H,78,92)(H,79,85)(H,80,87)(H,82,97)(H,94,95)/t52-,53-,65-,66-,67+,68-,72+,75-/m0/s1. The highest BCUT2D eigenvalue weighted by molar-refractivity contribution is 5.96. The van der Waals surface area contributed by atoms with Crippen molar-refractivity contribution in [2.75, 3.05) is 44.9 Å². The first-order valence-corrected chi connectivity index (χ1v) is 34.7. The van der Waals surface area contributed by atoms with Gasteiger partial charge in [0.15, 0.2) is 11.7 Å². The van der Waals surface area contributed by atoms with Crippen molar-refractivity contribution in [2.24, 2.45) is 0 Å². The summed E-state index contributed by atoms with van der Waals surface area (Å²) in [7, 11) is 1.54. The quantitative estimate of drug-likeness (QED) is 0.0172. The minimum atomic E-state index is -2.11. The van der Waals surface area contributed by atoms with Crippen molar-refractivity contribution in [3.05, 3.63) is 156 Å². The molecule has 550 valence electrons. The Morgan fingerprint density at radius 2 is 1.56 bits per heavy atom. The highest BCUT2D eigenvalue weighted by Crippen LogP contribution is 2.46. The zero-order chi connectivity index (χ0) is 73.9. The van der Waals surface area contributed by atoms with E-state index in [1.165, 1.54) is 34.9 Å². The molecular weight excluding hydrogens is 1350 g/mol. The van der Waals surface area contributed by atoms with Crippen molar-refractivity contribution in [1.82, 2.24) is 36.1 Å². The summed E-state index contributed by atoms with van der Waals surface area (Å²) in [4.78, 5) is 127. The molecule has 0 saturated carbocycles. The molecule has 1 aliphatic carbocycles. The molecule has 1 fully saturated rings. The van der Waals surface area contributed by atoms with Crippen LogP contribution >= 0.6 is 0 Å². The van der Waals surface area contributed by atoms with Crippen LogP contribution in [0, 0.1) is 24.6 Å². The second-order valence-electron chi connectivity index (χ2n) is 26.2. The molecule has 11 rings (SSSR count). The Labute approximate surface area is 596 Å². The summed E-state index contributed by atoms with van der Waals surface area (Å²) < 4.78 is 49.9. The molecule has 28 nitrogen and oxygen atoms in total. The number of para-hydroxylation sites is 1. The molecule has 10 N–H and O–H groups in total. The number of anilines is 1. The molecule has 29 heteroatoms. The number of aliphatic carboxylic acids is 1. The summed E-state index contributed by atoms with van der Waals surface area (Å²) in [5.41, 5.74) is 4.14. The number of aliphatic hydroxyl groups is 4. The van der Waals surface area contributed by atoms with Gasteiger partial charge in [-0.25, -0.2) is 23.8 Å². The number of pyridine rings is 2. The van der Waals surface area contributed by atoms with E-state index in [9.17, 15) is 68.7 Å². The number of aryl methyl sites for hydroxylation is 1. The zero-order valence-electron chi connectivity index (χ0n) is 57.7. The van der Waals surface area contributed by atoms with Gasteiger partial charge in [-0.1, -0.05) is 55.2 Å². The van der Waals surface area contributed by atoms with Crippen LogP contribution in [0.4, 0.5) is 14.9 Å². The lowest BCUT2D eigenvalue weighted by Crippen LogP contribution is -2.61. The number of amides is 6. The van der Waals surface area contributed by atoms with Crippen molar-refractivity contribution in [3.8, 4) is 29.0 Å². The number of fused-ring (bicyclic) bond motifs is 7. The van der Waals surface area contributed by atoms with Gasteiger partial charge in [-0.3, -0.25) is 28.8 Å². The molecular formula is C75H83FN8O20. The number of nitrogens with one attached hydrogen (secondary N) is 5. The highest BCUT2D eigenvalue weighted by atomic mass is 19.1. The predicted molar refractivity (Wildman–Crippen MR) is 369 cm³/mol. The van der Waals surface area contributed by atoms with Gasteiger partial charge in [0.2, 0.25) is 35.8 Å². The molecule has 0 radical (unpaired) electrons. The Kier molecular flexibility index (Phi) is 24.2. The highest BCUT2D eigenvalue weighted by Gasteiger charge is 2.49. The van der Waals surface area contributed by atoms with E-state index in [4.69, 9.17) is 33.4 Å². The monoisotopic (exact) mass is 1430 g/mol. The lowest BCUT2D eigenvalue weighted by atomic mass is 9.81. The maximum Gasteiger partial charge on any atom is 0.407 e. The average molecular weight is 1440 g/mol. The fraction of sp³-hybridized carbons (Fsp3) is 0.440. The van der Waals surface area contributed by atoms with Crippen LogP contribution in [-0.2, 0) is 102 Å². The van der Waals surface area contributed by atoms with Gasteiger partial charge in [-0.2, -0.15) is 0 Å². The summed E-state index contributed by atoms with van der Waals surface area (Å²) >= 11 is 0. The van der Waals surface area contributed by atoms with Gasteiger partial charge in [0.05, 0.1) is 67.1 Å². The number of ether oxygens (including phenoxy) is 6. The number of nitrogens with zero attached hydrogens (tertiary/aromatic N) is 3. The topological polar surface area (TPSA) is 391 Å². The van der Waals surface area contributed by atoms with E-state index in [2.05, 4.69) is 38.4 Å². The number of halogens is 1. The third-order valence-corrected chi connectivity index (χ3v) is 19.4. The predicted octanol–water partition coefficient (Wildman–Crippen LogP) is 4.17. The van der Waals surface area contributed by atoms with Crippen LogP contribution in [0.5, 0.6) is 5.75 Å². The maximum absolute atomic E-state index is 15.7. The summed E-state index contributed by atoms with van der Waals surface area (Å²) in [6.45, 7) is 3.42. The molecule has 2 aromatic heterocycles. The van der Waals surface area contributed by atoms with Crippen LogP contribution in [-0.4, -0.2) is 159 Å². The van der Waals surface area contributed by atoms with Crippen molar-refractivity contribution < 1.29 is 96.7 Å². The van der Waals surface area contributed by atoms with Crippen LogP contribution in [0.25, 0.3) is 22.3 Å². The van der Waals surface area contributed by atoms with E-state index in [0.717, 1.165) is 11.1 Å². The lowest BCUT2D eigenvalue weighted by molar-refractivity contribution is -0.271. The Morgan fingerprint density at radius 3 is 2.35 bits per heavy atom. The van der Waals surface area contributed by atoms with Gasteiger partial charge in [0.25, 0.3) is 5.56 Å². The Morgan fingerprint density at radius 1 is 0.798 bits per heavy atom. The number of aliphatic hydroxyl groups excluding tert-OH is 3. The van der Waals surface area contributed by atoms with Crippen molar-refractivity contribution in [1.29, 1.82) is 0 Å². The first kappa shape index (κ1) is 75.0. The summed E-state index contributed by atoms with van der Waals surface area (Å²) in [6, 6.07) is 20.3. The first-order chi connectivity index (χ1) is 50.1. The van der Waals surface area contributed by atoms with E-state index in [-0.39, 0.29) is 130 Å². The number of benzene rings is 4. The van der Waals surface area contributed by atoms with Gasteiger partial charge in [0.1, 0.15) is 49.1 Å². The van der Waals surface area contributed by atoms with Crippen LogP contribution in [0.1, 0.15) is 145 Å². The number of carbonyl (C=O) groups excluding carboxylic acids is 7. The Bertz CT molecular complexity index is 4440. The molecule has 104 heavy (non-hydrogen) atoms. The number of esters is 1. The number of carbonyl (C=O) groups is 8. The molecule has 0 spiro atoms. The number of aromatic nitrogens is 2. The number of carboxylic acid groups (broad SMARTS) is 1. The molecule has 4 aliphatic heterocycles. The molecule has 6 aromatic rings. The summed E-state index contributed by atoms with van der Waals surface area (Å²) in [6.07, 6.45) is -8.69. The third-order valence-electron chi connectivity index (χ3n) is 19.4. The lowest BCUT2D eigenvalue weighted by Gasteiger charge is -2.38. The second kappa shape index (κ2) is 33.5. The molecule has 1 saturated heterocycles. The van der Waals surface area contributed by atoms with Crippen LogP contribution < -0.4 is 41.8 Å². The van der Waals surface area contributed by atoms with E-state index >= 15 is 4.39 Å². The smallest absolute Gasteiger partial charge is 0.407 e. The minimum absolute atomic E-state index is 0.0103. The van der Waals surface area contributed by atoms with E-state index in [0.29, 0.717) is 102 Å². The number of carboxylic acids is 1. The number of hydrogen-bond donors (Lipinski definition) is 10. The third kappa shape index (κ3) is 16.7. The first-order valence-electron chi connectivity index (χ1n) is 34.7. The Hall–Kier alpha value is -10.2. The second-order valence-corrected chi connectivity index (χ2v) is 26.2. The van der Waals surface area contributed by atoms with Gasteiger partial charge in [-0.15, -0.1) is 0 Å². The molecule has 6 heterocycles. The molecule has 5 aliphatic rings. The van der Waals surface area contributed by atoms with Crippen LogP contribution in [0.2, 0.25) is 0 Å². The molecule has 8 atom stereocenters. The molecule has 4 aromatic carbocycles. The summed E-state index contributed by atoms with van der Waals surface area (Å²) in [5, 5.41) is 67.9. The number of methoxy groups -OCH3 is 1. The van der Waals surface area contributed by atoms with Gasteiger partial charge >= 0.3 is 18.0 Å². The normalized spacial score (nSPS) is 19.9. The molecule has 0 bridgehead atoms. The SMILES string of the molecule is CC[C@@]1(O)C(=O)OCc2c1cc1n(c2=O)Cc2c-1nc1cc(F)c(C)c3c1c2[C@@H](NC(=O)OCc1ccc(O[C@@H]2O[C@H](C(=O)O)[C@@H](O)[C@H](O)[C@H]2O)c(CNC(=O)CCNC(=O)[C@H](CCCCNC(=O)CCOCCOC)NC(=O)CCCCC(=O)N2Cc4ccccc4C#Cc4ccccc42)c1)CC3. The zero-order valence-corrected chi connectivity index (χ0v) is 57.7. The number of hydrogen-bond acceptors (Lipinski definition) is 20. The largest absolute Gasteiger partial charge is 0.479 e. The van der Waals surface area contributed by atoms with Crippen molar-refractivity contribution in [3.63, 3.8) is 0 Å². The fourth-order valence-corrected chi connectivity index (χ4v) is 13.6. The summed E-state index contributed by atoms with van der Waals surface area (Å²) in [5.74, 6) is 1.19. The Balaban J connectivity index is 0.740. The van der Waals surface area contributed by atoms with E-state index in [1.807, 2.05) is 48.5 Å². The van der Waals surface area contributed by atoms with Gasteiger partial charge < -0.3 is 90.0 Å². The van der Waals surface area contributed by atoms with Crippen molar-refractivity contribution >= 4 is 64.2 Å². The number of rotatable bonds is 30. The molecule has 6 amide bonds. The van der Waals surface area contributed by atoms with E-state index in [1.54, 1.807) is 25.9 Å². The van der Waals surface area contributed by atoms with E-state index < -0.39 is 102 Å². The van der Waals surface area contributed by atoms with Crippen LogP contribution in [0.15, 0.2) is 83.7 Å². The molecule has 0 unspecified atom stereocenters. The van der Waals surface area contributed by atoms with Crippen molar-refractivity contribution in [2.45, 2.75) is 172 Å². The number of cyclic esters (lactones) is 1. The number of unbranched alkanes of at least 4 members (excludes halogenated alkanes) is 2. The number of alkyl carbamates (subject to hydrolysis) is 1. The van der Waals surface area contributed by atoms with Gasteiger partial charge in [-0.05, 0) is 123 Å².